The molecular formula is C12H18N4O4. The summed E-state index contributed by atoms with van der Waals surface area (Å²) in [5.74, 6) is 0.229. The summed E-state index contributed by atoms with van der Waals surface area (Å²) in [6, 6.07) is 0. The summed E-state index contributed by atoms with van der Waals surface area (Å²) in [7, 11) is 0. The van der Waals surface area contributed by atoms with E-state index in [-0.39, 0.29) is 30.8 Å². The predicted molar refractivity (Wildman–Crippen MR) is 70.0 cm³/mol. The van der Waals surface area contributed by atoms with Crippen molar-refractivity contribution >= 4 is 11.7 Å². The van der Waals surface area contributed by atoms with Crippen molar-refractivity contribution in [2.45, 2.75) is 26.3 Å². The summed E-state index contributed by atoms with van der Waals surface area (Å²) < 4.78 is 1.49. The Labute approximate surface area is 116 Å². The molecule has 1 atom stereocenters. The molecule has 2 rings (SSSR count). The zero-order valence-corrected chi connectivity index (χ0v) is 11.4. The van der Waals surface area contributed by atoms with Gasteiger partial charge in [0.25, 0.3) is 0 Å². The fraction of sp³-hybridized carbons (Fsp3) is 0.667. The highest BCUT2D eigenvalue weighted by Crippen LogP contribution is 2.17. The number of likely N-dealkylation sites (tertiary alicyclic amines) is 1. The maximum atomic E-state index is 12.2. The number of carbonyl (C=O) groups excluding carboxylic acids is 1. The Morgan fingerprint density at radius 2 is 2.40 bits per heavy atom. The van der Waals surface area contributed by atoms with Gasteiger partial charge in [0, 0.05) is 26.6 Å². The molecule has 0 aromatic carbocycles. The van der Waals surface area contributed by atoms with Crippen molar-refractivity contribution < 1.29 is 14.8 Å². The number of carbonyl (C=O) groups is 1. The first-order chi connectivity index (χ1) is 9.51. The zero-order valence-electron chi connectivity index (χ0n) is 11.4. The van der Waals surface area contributed by atoms with E-state index in [1.165, 1.54) is 10.8 Å². The van der Waals surface area contributed by atoms with Crippen LogP contribution in [-0.2, 0) is 11.3 Å². The highest BCUT2D eigenvalue weighted by Gasteiger charge is 2.24. The van der Waals surface area contributed by atoms with Crippen LogP contribution in [0.2, 0.25) is 0 Å². The molecule has 8 heteroatoms. The second-order valence-electron chi connectivity index (χ2n) is 5.06. The van der Waals surface area contributed by atoms with Gasteiger partial charge in [0.1, 0.15) is 12.7 Å². The monoisotopic (exact) mass is 282 g/mol. The SMILES string of the molecule is Cc1nc([N+](=O)[O-])cn1CC(=O)N1CCCC(CO)C1. The minimum Gasteiger partial charge on any atom is -0.396 e. The normalized spacial score (nSPS) is 19.1. The standard InChI is InChI=1S/C12H18N4O4/c1-9-13-11(16(19)20)6-15(9)7-12(18)14-4-2-3-10(5-14)8-17/h6,10,17H,2-5,7-8H2,1H3. The largest absolute Gasteiger partial charge is 0.396 e. The molecule has 110 valence electrons. The van der Waals surface area contributed by atoms with Crippen LogP contribution in [0.25, 0.3) is 0 Å². The lowest BCUT2D eigenvalue weighted by Gasteiger charge is -2.31. The summed E-state index contributed by atoms with van der Waals surface area (Å²) in [5, 5.41) is 19.8. The second-order valence-corrected chi connectivity index (χ2v) is 5.06. The van der Waals surface area contributed by atoms with E-state index in [1.807, 2.05) is 0 Å². The number of aliphatic hydroxyl groups excluding tert-OH is 1. The summed E-state index contributed by atoms with van der Waals surface area (Å²) in [6.45, 7) is 2.98. The fourth-order valence-electron chi connectivity index (χ4n) is 2.43. The first kappa shape index (κ1) is 14.4. The van der Waals surface area contributed by atoms with E-state index < -0.39 is 4.92 Å². The van der Waals surface area contributed by atoms with Gasteiger partial charge >= 0.3 is 5.82 Å². The highest BCUT2D eigenvalue weighted by atomic mass is 16.6. The molecule has 8 nitrogen and oxygen atoms in total. The quantitative estimate of drug-likeness (QED) is 0.633. The van der Waals surface area contributed by atoms with E-state index in [2.05, 4.69) is 4.98 Å². The molecule has 1 aliphatic rings. The van der Waals surface area contributed by atoms with E-state index in [9.17, 15) is 14.9 Å². The van der Waals surface area contributed by atoms with Gasteiger partial charge in [0.15, 0.2) is 0 Å². The predicted octanol–water partition coefficient (Wildman–Crippen LogP) is 0.331. The maximum absolute atomic E-state index is 12.2. The fourth-order valence-corrected chi connectivity index (χ4v) is 2.43. The van der Waals surface area contributed by atoms with Gasteiger partial charge in [0.05, 0.1) is 0 Å². The Kier molecular flexibility index (Phi) is 4.33. The van der Waals surface area contributed by atoms with Crippen LogP contribution < -0.4 is 0 Å². The van der Waals surface area contributed by atoms with E-state index >= 15 is 0 Å². The summed E-state index contributed by atoms with van der Waals surface area (Å²) in [4.78, 5) is 27.8. The number of aromatic nitrogens is 2. The van der Waals surface area contributed by atoms with Crippen molar-refractivity contribution in [3.63, 3.8) is 0 Å². The molecule has 1 saturated heterocycles. The Balaban J connectivity index is 2.02. The Morgan fingerprint density at radius 3 is 3.00 bits per heavy atom. The average molecular weight is 282 g/mol. The van der Waals surface area contributed by atoms with Crippen molar-refractivity contribution in [2.24, 2.45) is 5.92 Å². The van der Waals surface area contributed by atoms with Crippen molar-refractivity contribution in [1.82, 2.24) is 14.5 Å². The van der Waals surface area contributed by atoms with Gasteiger partial charge in [-0.1, -0.05) is 0 Å². The number of nitrogens with zero attached hydrogens (tertiary/aromatic N) is 4. The molecule has 0 radical (unpaired) electrons. The lowest BCUT2D eigenvalue weighted by molar-refractivity contribution is -0.389. The van der Waals surface area contributed by atoms with Gasteiger partial charge in [-0.05, 0) is 28.7 Å². The van der Waals surface area contributed by atoms with E-state index in [0.717, 1.165) is 12.8 Å². The third-order valence-electron chi connectivity index (χ3n) is 3.59. The van der Waals surface area contributed by atoms with Gasteiger partial charge < -0.3 is 20.1 Å². The van der Waals surface area contributed by atoms with E-state index in [0.29, 0.717) is 18.9 Å². The van der Waals surface area contributed by atoms with Crippen LogP contribution >= 0.6 is 0 Å². The molecule has 1 aliphatic heterocycles. The molecule has 2 heterocycles. The van der Waals surface area contributed by atoms with Crippen molar-refractivity contribution in [3.8, 4) is 0 Å². The molecule has 1 aromatic heterocycles. The minimum atomic E-state index is -0.573. The van der Waals surface area contributed by atoms with Crippen LogP contribution in [0, 0.1) is 23.0 Å². The second kappa shape index (κ2) is 6.00. The number of aryl methyl sites for hydroxylation is 1. The Hall–Kier alpha value is -1.96. The highest BCUT2D eigenvalue weighted by molar-refractivity contribution is 5.76. The van der Waals surface area contributed by atoms with Gasteiger partial charge in [-0.15, -0.1) is 0 Å². The van der Waals surface area contributed by atoms with Crippen LogP contribution in [0.1, 0.15) is 18.7 Å². The summed E-state index contributed by atoms with van der Waals surface area (Å²) >= 11 is 0. The molecule has 1 aromatic rings. The molecular weight excluding hydrogens is 264 g/mol. The topological polar surface area (TPSA) is 102 Å². The molecule has 1 N–H and O–H groups in total. The smallest absolute Gasteiger partial charge is 0.381 e. The molecule has 0 spiro atoms. The number of aliphatic hydroxyl groups is 1. The van der Waals surface area contributed by atoms with Crippen LogP contribution in [-0.4, -0.2) is 50.1 Å². The van der Waals surface area contributed by atoms with Crippen LogP contribution in [0.4, 0.5) is 5.82 Å². The van der Waals surface area contributed by atoms with Crippen molar-refractivity contribution in [3.05, 3.63) is 22.1 Å². The summed E-state index contributed by atoms with van der Waals surface area (Å²) in [5.41, 5.74) is 0. The average Bonchev–Trinajstić information content (AvgIpc) is 2.80. The number of piperidine rings is 1. The van der Waals surface area contributed by atoms with Crippen molar-refractivity contribution in [2.75, 3.05) is 19.7 Å². The number of nitro groups is 1. The number of hydrogen-bond donors (Lipinski definition) is 1. The lowest BCUT2D eigenvalue weighted by atomic mass is 9.99. The minimum absolute atomic E-state index is 0.0465. The molecule has 1 unspecified atom stereocenters. The number of amides is 1. The molecule has 0 aliphatic carbocycles. The summed E-state index contributed by atoms with van der Waals surface area (Å²) in [6.07, 6.45) is 3.08. The first-order valence-electron chi connectivity index (χ1n) is 6.58. The zero-order chi connectivity index (χ0) is 14.7. The Bertz CT molecular complexity index is 514. The number of hydrogen-bond acceptors (Lipinski definition) is 5. The number of rotatable bonds is 4. The third-order valence-corrected chi connectivity index (χ3v) is 3.59. The van der Waals surface area contributed by atoms with E-state index in [1.54, 1.807) is 11.8 Å². The van der Waals surface area contributed by atoms with Crippen LogP contribution in [0.15, 0.2) is 6.20 Å². The van der Waals surface area contributed by atoms with Crippen LogP contribution in [0.5, 0.6) is 0 Å². The van der Waals surface area contributed by atoms with Gasteiger partial charge in [0.2, 0.25) is 11.7 Å². The van der Waals surface area contributed by atoms with Gasteiger partial charge in [-0.25, -0.2) is 0 Å². The number of imidazole rings is 1. The molecule has 1 fully saturated rings. The van der Waals surface area contributed by atoms with Crippen molar-refractivity contribution in [1.29, 1.82) is 0 Å². The van der Waals surface area contributed by atoms with Gasteiger partial charge in [-0.2, -0.15) is 0 Å². The molecule has 0 bridgehead atoms. The maximum Gasteiger partial charge on any atom is 0.381 e. The first-order valence-corrected chi connectivity index (χ1v) is 6.58. The Morgan fingerprint density at radius 1 is 1.65 bits per heavy atom. The molecule has 0 saturated carbocycles. The van der Waals surface area contributed by atoms with E-state index in [4.69, 9.17) is 5.11 Å². The lowest BCUT2D eigenvalue weighted by Crippen LogP contribution is -2.42. The van der Waals surface area contributed by atoms with Crippen LogP contribution in [0.3, 0.4) is 0 Å². The molecule has 20 heavy (non-hydrogen) atoms. The third kappa shape index (κ3) is 3.13. The molecule has 1 amide bonds. The van der Waals surface area contributed by atoms with Gasteiger partial charge in [-0.3, -0.25) is 9.36 Å².